The molecule has 0 bridgehead atoms. The number of piperidine rings is 1. The zero-order chi connectivity index (χ0) is 22.5. The van der Waals surface area contributed by atoms with E-state index >= 15 is 0 Å². The summed E-state index contributed by atoms with van der Waals surface area (Å²) in [6.07, 6.45) is 1.26. The van der Waals surface area contributed by atoms with Crippen LogP contribution in [0.1, 0.15) is 30.1 Å². The van der Waals surface area contributed by atoms with Crippen LogP contribution in [0, 0.1) is 5.92 Å². The number of carbonyl (C=O) groups is 2. The first-order valence-corrected chi connectivity index (χ1v) is 11.4. The third kappa shape index (κ3) is 4.86. The van der Waals surface area contributed by atoms with Gasteiger partial charge in [-0.1, -0.05) is 66.2 Å². The molecule has 4 rings (SSSR count). The highest BCUT2D eigenvalue weighted by atomic mass is 35.5. The number of esters is 1. The van der Waals surface area contributed by atoms with E-state index in [1.807, 2.05) is 43.3 Å². The highest BCUT2D eigenvalue weighted by molar-refractivity contribution is 6.33. The summed E-state index contributed by atoms with van der Waals surface area (Å²) in [5, 5.41) is 0.607. The predicted molar refractivity (Wildman–Crippen MR) is 128 cm³/mol. The lowest BCUT2D eigenvalue weighted by molar-refractivity contribution is -0.149. The molecule has 1 heterocycles. The van der Waals surface area contributed by atoms with Gasteiger partial charge in [-0.05, 0) is 54.7 Å². The van der Waals surface area contributed by atoms with E-state index in [0.717, 1.165) is 22.3 Å². The van der Waals surface area contributed by atoms with E-state index in [1.165, 1.54) is 0 Å². The number of amides is 1. The van der Waals surface area contributed by atoms with Crippen molar-refractivity contribution in [2.45, 2.75) is 19.8 Å². The van der Waals surface area contributed by atoms with E-state index in [-0.39, 0.29) is 17.8 Å². The number of carbonyl (C=O) groups excluding carboxylic acids is 2. The number of benzene rings is 3. The summed E-state index contributed by atoms with van der Waals surface area (Å²) in [6, 6.07) is 23.8. The topological polar surface area (TPSA) is 46.6 Å². The Balaban J connectivity index is 1.49. The smallest absolute Gasteiger partial charge is 0.309 e. The first kappa shape index (κ1) is 22.1. The Morgan fingerprint density at radius 2 is 1.53 bits per heavy atom. The number of nitrogens with zero attached hydrogens (tertiary/aromatic N) is 1. The van der Waals surface area contributed by atoms with Crippen LogP contribution < -0.4 is 0 Å². The molecule has 1 saturated heterocycles. The van der Waals surface area contributed by atoms with Gasteiger partial charge >= 0.3 is 5.97 Å². The van der Waals surface area contributed by atoms with Crippen molar-refractivity contribution in [3.8, 4) is 22.3 Å². The number of hydrogen-bond acceptors (Lipinski definition) is 3. The van der Waals surface area contributed by atoms with Crippen LogP contribution in [0.2, 0.25) is 5.02 Å². The molecule has 1 amide bonds. The fourth-order valence-electron chi connectivity index (χ4n) is 4.11. The van der Waals surface area contributed by atoms with Gasteiger partial charge in [0, 0.05) is 29.2 Å². The van der Waals surface area contributed by atoms with Gasteiger partial charge in [0.1, 0.15) is 0 Å². The van der Waals surface area contributed by atoms with E-state index in [9.17, 15) is 9.59 Å². The molecule has 1 fully saturated rings. The average molecular weight is 448 g/mol. The molecule has 1 aliphatic heterocycles. The fraction of sp³-hybridized carbons (Fsp3) is 0.259. The highest BCUT2D eigenvalue weighted by Crippen LogP contribution is 2.31. The average Bonchev–Trinajstić information content (AvgIpc) is 2.85. The third-order valence-corrected chi connectivity index (χ3v) is 6.25. The molecule has 5 heteroatoms. The largest absolute Gasteiger partial charge is 0.466 e. The minimum atomic E-state index is -0.160. The summed E-state index contributed by atoms with van der Waals surface area (Å²) in [7, 11) is 0. The summed E-state index contributed by atoms with van der Waals surface area (Å²) in [6.45, 7) is 3.29. The summed E-state index contributed by atoms with van der Waals surface area (Å²) in [5.74, 6) is -0.318. The van der Waals surface area contributed by atoms with Gasteiger partial charge in [-0.25, -0.2) is 0 Å². The van der Waals surface area contributed by atoms with Crippen molar-refractivity contribution >= 4 is 23.5 Å². The highest BCUT2D eigenvalue weighted by Gasteiger charge is 2.28. The molecule has 164 valence electrons. The first-order chi connectivity index (χ1) is 15.6. The lowest BCUT2D eigenvalue weighted by Gasteiger charge is -2.31. The van der Waals surface area contributed by atoms with Gasteiger partial charge in [0.15, 0.2) is 0 Å². The van der Waals surface area contributed by atoms with Gasteiger partial charge < -0.3 is 9.64 Å². The van der Waals surface area contributed by atoms with Crippen LogP contribution in [-0.4, -0.2) is 36.5 Å². The van der Waals surface area contributed by atoms with E-state index in [2.05, 4.69) is 24.3 Å². The van der Waals surface area contributed by atoms with Gasteiger partial charge in [-0.15, -0.1) is 0 Å². The van der Waals surface area contributed by atoms with Crippen LogP contribution in [0.15, 0.2) is 72.8 Å². The first-order valence-electron chi connectivity index (χ1n) is 11.0. The lowest BCUT2D eigenvalue weighted by Crippen LogP contribution is -2.40. The number of halogens is 1. The van der Waals surface area contributed by atoms with Crippen molar-refractivity contribution in [2.75, 3.05) is 19.7 Å². The zero-order valence-corrected chi connectivity index (χ0v) is 18.8. The molecule has 1 aliphatic rings. The maximum absolute atomic E-state index is 13.1. The number of likely N-dealkylation sites (tertiary alicyclic amines) is 1. The molecular formula is C27H26ClNO3. The maximum atomic E-state index is 13.1. The van der Waals surface area contributed by atoms with Crippen molar-refractivity contribution in [2.24, 2.45) is 5.92 Å². The van der Waals surface area contributed by atoms with Crippen LogP contribution in [0.3, 0.4) is 0 Å². The van der Waals surface area contributed by atoms with Gasteiger partial charge in [0.05, 0.1) is 12.5 Å². The molecule has 0 radical (unpaired) electrons. The Morgan fingerprint density at radius 1 is 0.906 bits per heavy atom. The SMILES string of the molecule is CCOC(=O)C1CCN(C(=O)c2ccc(Cl)c(-c3ccc(-c4ccccc4)cc3)c2)CC1. The number of ether oxygens (including phenoxy) is 1. The molecular weight excluding hydrogens is 422 g/mol. The van der Waals surface area contributed by atoms with Crippen molar-refractivity contribution in [1.82, 2.24) is 4.90 Å². The van der Waals surface area contributed by atoms with Gasteiger partial charge in [-0.3, -0.25) is 9.59 Å². The zero-order valence-electron chi connectivity index (χ0n) is 18.1. The van der Waals surface area contributed by atoms with Gasteiger partial charge in [0.25, 0.3) is 5.91 Å². The molecule has 0 aromatic heterocycles. The quantitative estimate of drug-likeness (QED) is 0.444. The van der Waals surface area contributed by atoms with Crippen LogP contribution in [0.4, 0.5) is 0 Å². The van der Waals surface area contributed by atoms with E-state index in [1.54, 1.807) is 17.0 Å². The Morgan fingerprint density at radius 3 is 2.19 bits per heavy atom. The Bertz CT molecular complexity index is 1090. The maximum Gasteiger partial charge on any atom is 0.309 e. The van der Waals surface area contributed by atoms with Crippen molar-refractivity contribution in [3.63, 3.8) is 0 Å². The molecule has 0 spiro atoms. The van der Waals surface area contributed by atoms with E-state index in [4.69, 9.17) is 16.3 Å². The van der Waals surface area contributed by atoms with Gasteiger partial charge in [0.2, 0.25) is 0 Å². The van der Waals surface area contributed by atoms with Crippen molar-refractivity contribution < 1.29 is 14.3 Å². The van der Waals surface area contributed by atoms with Crippen LogP contribution in [0.25, 0.3) is 22.3 Å². The number of hydrogen-bond donors (Lipinski definition) is 0. The molecule has 0 saturated carbocycles. The molecule has 4 nitrogen and oxygen atoms in total. The second-order valence-electron chi connectivity index (χ2n) is 7.96. The Hall–Kier alpha value is -3.11. The van der Waals surface area contributed by atoms with Crippen molar-refractivity contribution in [3.05, 3.63) is 83.4 Å². The van der Waals surface area contributed by atoms with Crippen LogP contribution in [0.5, 0.6) is 0 Å². The number of rotatable bonds is 5. The molecule has 3 aromatic rings. The minimum absolute atomic E-state index is 0.0360. The Kier molecular flexibility index (Phi) is 6.91. The standard InChI is InChI=1S/C27H26ClNO3/c1-2-32-27(31)22-14-16-29(17-15-22)26(30)23-12-13-25(28)24(18-23)21-10-8-20(9-11-21)19-6-4-3-5-7-19/h3-13,18,22H,2,14-17H2,1H3. The molecule has 0 N–H and O–H groups in total. The second kappa shape index (κ2) is 10.0. The predicted octanol–water partition coefficient (Wildman–Crippen LogP) is 6.09. The molecule has 0 atom stereocenters. The molecule has 0 unspecified atom stereocenters. The molecule has 0 aliphatic carbocycles. The van der Waals surface area contributed by atoms with Gasteiger partial charge in [-0.2, -0.15) is 0 Å². The van der Waals surface area contributed by atoms with Crippen LogP contribution >= 0.6 is 11.6 Å². The normalized spacial score (nSPS) is 14.2. The summed E-state index contributed by atoms with van der Waals surface area (Å²) in [5.41, 5.74) is 4.68. The van der Waals surface area contributed by atoms with E-state index in [0.29, 0.717) is 43.1 Å². The lowest BCUT2D eigenvalue weighted by atomic mass is 9.95. The monoisotopic (exact) mass is 447 g/mol. The third-order valence-electron chi connectivity index (χ3n) is 5.92. The molecule has 32 heavy (non-hydrogen) atoms. The summed E-state index contributed by atoms with van der Waals surface area (Å²) in [4.78, 5) is 26.9. The Labute approximate surface area is 193 Å². The molecule has 3 aromatic carbocycles. The van der Waals surface area contributed by atoms with Crippen molar-refractivity contribution in [1.29, 1.82) is 0 Å². The fourth-order valence-corrected chi connectivity index (χ4v) is 4.34. The second-order valence-corrected chi connectivity index (χ2v) is 8.36. The van der Waals surface area contributed by atoms with E-state index < -0.39 is 0 Å². The summed E-state index contributed by atoms with van der Waals surface area (Å²) >= 11 is 6.49. The van der Waals surface area contributed by atoms with Crippen LogP contribution in [-0.2, 0) is 9.53 Å². The minimum Gasteiger partial charge on any atom is -0.466 e. The summed E-state index contributed by atoms with van der Waals surface area (Å²) < 4.78 is 5.12.